The van der Waals surface area contributed by atoms with Gasteiger partial charge in [-0.05, 0) is 34.1 Å². The molecule has 0 atom stereocenters. The fraction of sp³-hybridized carbons (Fsp3) is 0. The van der Waals surface area contributed by atoms with Crippen LogP contribution in [0.5, 0.6) is 0 Å². The van der Waals surface area contributed by atoms with Crippen molar-refractivity contribution in [2.24, 2.45) is 0 Å². The van der Waals surface area contributed by atoms with Gasteiger partial charge in [-0.1, -0.05) is 0 Å². The Kier molecular flexibility index (Phi) is 3.78. The van der Waals surface area contributed by atoms with Gasteiger partial charge in [-0.3, -0.25) is 10.1 Å². The number of non-ortho nitro benzene ring substituents is 1. The number of fused-ring (bicyclic) bond motifs is 2. The molecule has 0 aliphatic carbocycles. The largest absolute Gasteiger partial charge is 0.738 e. The van der Waals surface area contributed by atoms with Gasteiger partial charge in [0.05, 0.1) is 21.2 Å². The first-order chi connectivity index (χ1) is 12.2. The van der Waals surface area contributed by atoms with E-state index >= 15 is 8.63 Å². The van der Waals surface area contributed by atoms with E-state index in [1.54, 1.807) is 0 Å². The molecule has 2 aromatic rings. The number of allylic oxidation sites excluding steroid dienone is 2. The average molecular weight is 489 g/mol. The molecule has 4 rings (SSSR count). The monoisotopic (exact) mass is 487 g/mol. The van der Waals surface area contributed by atoms with Crippen LogP contribution in [0.15, 0.2) is 52.8 Å². The summed E-state index contributed by atoms with van der Waals surface area (Å²) in [7, 11) is 0. The Morgan fingerprint density at radius 3 is 2.54 bits per heavy atom. The van der Waals surface area contributed by atoms with Gasteiger partial charge < -0.3 is 17.6 Å². The number of nitro groups is 1. The highest BCUT2D eigenvalue weighted by Crippen LogP contribution is 2.42. The summed E-state index contributed by atoms with van der Waals surface area (Å²) < 4.78 is 46.7. The fourth-order valence-electron chi connectivity index (χ4n) is 3.23. The molecular formula is C15H7BBr2F3N3O2. The SMILES string of the molecule is O=[N+]([O-])c1ccc(C2=C3C=CC(Br)=[N+]3[B-](F)(F)n3c(Br)ccc32)c(F)c1. The molecule has 2 aliphatic heterocycles. The smallest absolute Gasteiger partial charge is 0.389 e. The molecule has 3 heterocycles. The first-order valence-electron chi connectivity index (χ1n) is 7.31. The molecule has 0 saturated carbocycles. The number of benzene rings is 1. The second kappa shape index (κ2) is 5.68. The zero-order chi connectivity index (χ0) is 18.8. The molecule has 5 nitrogen and oxygen atoms in total. The van der Waals surface area contributed by atoms with Crippen molar-refractivity contribution in [3.05, 3.63) is 80.0 Å². The second-order valence-corrected chi connectivity index (χ2v) is 7.33. The molecular weight excluding hydrogens is 482 g/mol. The molecule has 0 N–H and O–H groups in total. The van der Waals surface area contributed by atoms with Crippen LogP contribution >= 0.6 is 31.9 Å². The third kappa shape index (κ3) is 2.26. The Morgan fingerprint density at radius 2 is 1.88 bits per heavy atom. The molecule has 0 unspecified atom stereocenters. The van der Waals surface area contributed by atoms with Gasteiger partial charge in [-0.25, -0.2) is 4.39 Å². The summed E-state index contributed by atoms with van der Waals surface area (Å²) in [6.45, 7) is -4.21. The maximum atomic E-state index is 15.1. The van der Waals surface area contributed by atoms with Crippen LogP contribution in [0, 0.1) is 15.9 Å². The molecule has 1 aromatic carbocycles. The van der Waals surface area contributed by atoms with Crippen LogP contribution in [0.1, 0.15) is 11.3 Å². The quantitative estimate of drug-likeness (QED) is 0.350. The highest BCUT2D eigenvalue weighted by Gasteiger charge is 2.54. The van der Waals surface area contributed by atoms with Crippen molar-refractivity contribution in [2.75, 3.05) is 0 Å². The first-order valence-corrected chi connectivity index (χ1v) is 8.90. The van der Waals surface area contributed by atoms with Crippen LogP contribution in [0.25, 0.3) is 5.57 Å². The normalized spacial score (nSPS) is 17.6. The van der Waals surface area contributed by atoms with Gasteiger partial charge >= 0.3 is 6.97 Å². The number of nitro benzene ring substituents is 1. The molecule has 0 radical (unpaired) electrons. The Bertz CT molecular complexity index is 1090. The third-order valence-corrected chi connectivity index (χ3v) is 5.60. The summed E-state index contributed by atoms with van der Waals surface area (Å²) in [6, 6.07) is 6.07. The Morgan fingerprint density at radius 1 is 1.15 bits per heavy atom. The van der Waals surface area contributed by atoms with Gasteiger partial charge in [0.25, 0.3) is 5.69 Å². The van der Waals surface area contributed by atoms with Crippen LogP contribution in [0.2, 0.25) is 0 Å². The lowest BCUT2D eigenvalue weighted by Gasteiger charge is -2.32. The Balaban J connectivity index is 2.06. The number of hydrogen-bond donors (Lipinski definition) is 0. The van der Waals surface area contributed by atoms with E-state index in [4.69, 9.17) is 0 Å². The lowest BCUT2D eigenvalue weighted by atomic mass is 9.86. The zero-order valence-corrected chi connectivity index (χ0v) is 15.8. The van der Waals surface area contributed by atoms with Crippen molar-refractivity contribution in [3.8, 4) is 0 Å². The van der Waals surface area contributed by atoms with E-state index in [0.717, 1.165) is 21.1 Å². The molecule has 132 valence electrons. The molecule has 0 spiro atoms. The average Bonchev–Trinajstić information content (AvgIpc) is 3.13. The van der Waals surface area contributed by atoms with Gasteiger partial charge in [-0.15, -0.1) is 0 Å². The molecule has 0 saturated heterocycles. The summed E-state index contributed by atoms with van der Waals surface area (Å²) in [5.74, 6) is -0.861. The second-order valence-electron chi connectivity index (χ2n) is 5.71. The van der Waals surface area contributed by atoms with E-state index in [1.165, 1.54) is 30.4 Å². The van der Waals surface area contributed by atoms with Crippen molar-refractivity contribution < 1.29 is 22.4 Å². The Hall–Kier alpha value is -2.14. The maximum absolute atomic E-state index is 15.1. The first kappa shape index (κ1) is 17.3. The van der Waals surface area contributed by atoms with E-state index in [1.807, 2.05) is 0 Å². The van der Waals surface area contributed by atoms with Gasteiger partial charge in [0, 0.05) is 45.4 Å². The summed E-state index contributed by atoms with van der Waals surface area (Å²) in [6.07, 6.45) is 2.91. The van der Waals surface area contributed by atoms with Crippen molar-refractivity contribution in [3.63, 3.8) is 0 Å². The number of halogens is 5. The van der Waals surface area contributed by atoms with Gasteiger partial charge in [0.1, 0.15) is 5.82 Å². The summed E-state index contributed by atoms with van der Waals surface area (Å²) >= 11 is 6.23. The number of rotatable bonds is 2. The zero-order valence-electron chi connectivity index (χ0n) is 12.7. The predicted octanol–water partition coefficient (Wildman–Crippen LogP) is 4.67. The maximum Gasteiger partial charge on any atom is 0.738 e. The van der Waals surface area contributed by atoms with Crippen molar-refractivity contribution in [2.45, 2.75) is 0 Å². The standard InChI is InChI=1S/C15H7BBr2F3N3O2/c17-13-5-3-11-15(9-2-1-8(24(25)26)7-10(9)19)12-4-6-14(18)23(12)16(20,21)22(11)13/h1-7H. The molecule has 0 amide bonds. The number of aromatic nitrogens is 1. The van der Waals surface area contributed by atoms with Crippen LogP contribution in [0.3, 0.4) is 0 Å². The Labute approximate surface area is 161 Å². The van der Waals surface area contributed by atoms with E-state index in [0.29, 0.717) is 0 Å². The van der Waals surface area contributed by atoms with Crippen LogP contribution in [-0.4, -0.2) is 25.5 Å². The predicted molar refractivity (Wildman–Crippen MR) is 97.9 cm³/mol. The minimum absolute atomic E-state index is 0.000556. The summed E-state index contributed by atoms with van der Waals surface area (Å²) in [5, 5.41) is 10.8. The minimum Gasteiger partial charge on any atom is -0.389 e. The minimum atomic E-state index is -4.21. The summed E-state index contributed by atoms with van der Waals surface area (Å²) in [5.41, 5.74) is 0.0491. The van der Waals surface area contributed by atoms with E-state index in [9.17, 15) is 14.5 Å². The van der Waals surface area contributed by atoms with E-state index in [2.05, 4.69) is 31.9 Å². The van der Waals surface area contributed by atoms with Crippen molar-refractivity contribution >= 4 is 54.7 Å². The van der Waals surface area contributed by atoms with Crippen molar-refractivity contribution in [1.29, 1.82) is 0 Å². The number of hydrogen-bond acceptors (Lipinski definition) is 2. The third-order valence-electron chi connectivity index (χ3n) is 4.30. The molecule has 11 heteroatoms. The molecule has 0 fully saturated rings. The topological polar surface area (TPSA) is 51.1 Å². The lowest BCUT2D eigenvalue weighted by molar-refractivity contribution is -0.385. The van der Waals surface area contributed by atoms with Crippen LogP contribution in [0.4, 0.5) is 18.7 Å². The van der Waals surface area contributed by atoms with E-state index in [-0.39, 0.29) is 31.8 Å². The molecule has 1 aromatic heterocycles. The van der Waals surface area contributed by atoms with Crippen LogP contribution < -0.4 is 0 Å². The van der Waals surface area contributed by atoms with Gasteiger partial charge in [0.2, 0.25) is 4.62 Å². The highest BCUT2D eigenvalue weighted by molar-refractivity contribution is 9.18. The summed E-state index contributed by atoms with van der Waals surface area (Å²) in [4.78, 5) is 10.1. The van der Waals surface area contributed by atoms with Gasteiger partial charge in [0.15, 0.2) is 5.70 Å². The molecule has 0 bridgehead atoms. The van der Waals surface area contributed by atoms with E-state index < -0.39 is 23.4 Å². The lowest BCUT2D eigenvalue weighted by Crippen LogP contribution is -2.50. The molecule has 2 aliphatic rings. The number of nitrogens with zero attached hydrogens (tertiary/aromatic N) is 3. The van der Waals surface area contributed by atoms with Crippen LogP contribution in [-0.2, 0) is 0 Å². The highest BCUT2D eigenvalue weighted by atomic mass is 79.9. The van der Waals surface area contributed by atoms with Gasteiger partial charge in [-0.2, -0.15) is 0 Å². The fourth-order valence-corrected chi connectivity index (χ4v) is 4.37. The molecule has 26 heavy (non-hydrogen) atoms. The van der Waals surface area contributed by atoms with Crippen molar-refractivity contribution in [1.82, 2.24) is 4.48 Å².